The Morgan fingerprint density at radius 1 is 0.833 bits per heavy atom. The molecule has 0 fully saturated rings. The number of phenols is 1. The zero-order valence-electron chi connectivity index (χ0n) is 12.7. The maximum atomic E-state index is 13.0. The zero-order valence-corrected chi connectivity index (χ0v) is 13.5. The van der Waals surface area contributed by atoms with Gasteiger partial charge in [0.05, 0.1) is 10.6 Å². The number of benzene rings is 3. The summed E-state index contributed by atoms with van der Waals surface area (Å²) in [4.78, 5) is 0.0330. The lowest BCUT2D eigenvalue weighted by Gasteiger charge is -2.09. The van der Waals surface area contributed by atoms with E-state index in [1.165, 1.54) is 42.5 Å². The molecule has 5 heteroatoms. The number of hydrogen-bond acceptors (Lipinski definition) is 3. The van der Waals surface area contributed by atoms with Crippen LogP contribution in [0, 0.1) is 5.82 Å². The van der Waals surface area contributed by atoms with Gasteiger partial charge in [-0.15, -0.1) is 0 Å². The first-order valence-corrected chi connectivity index (χ1v) is 8.96. The van der Waals surface area contributed by atoms with Gasteiger partial charge in [-0.3, -0.25) is 0 Å². The Labute approximate surface area is 139 Å². The molecule has 0 heterocycles. The Balaban J connectivity index is 2.00. The standard InChI is InChI=1S/C19H15FO3S/c20-17-8-6-15(7-9-17)16-10-18(21)12-19(11-16)24(22,23)13-14-4-2-1-3-5-14/h1-12,21H,13H2. The minimum Gasteiger partial charge on any atom is -0.508 e. The van der Waals surface area contributed by atoms with Crippen LogP contribution in [0.3, 0.4) is 0 Å². The van der Waals surface area contributed by atoms with Gasteiger partial charge in [0.25, 0.3) is 0 Å². The van der Waals surface area contributed by atoms with E-state index in [0.717, 1.165) is 0 Å². The summed E-state index contributed by atoms with van der Waals surface area (Å²) < 4.78 is 38.3. The van der Waals surface area contributed by atoms with Crippen molar-refractivity contribution in [1.29, 1.82) is 0 Å². The van der Waals surface area contributed by atoms with Crippen molar-refractivity contribution in [2.45, 2.75) is 10.6 Å². The fourth-order valence-corrected chi connectivity index (χ4v) is 3.85. The van der Waals surface area contributed by atoms with E-state index in [9.17, 15) is 17.9 Å². The van der Waals surface area contributed by atoms with E-state index in [4.69, 9.17) is 0 Å². The Morgan fingerprint density at radius 3 is 2.17 bits per heavy atom. The van der Waals surface area contributed by atoms with Crippen molar-refractivity contribution in [3.63, 3.8) is 0 Å². The van der Waals surface area contributed by atoms with Gasteiger partial charge >= 0.3 is 0 Å². The largest absolute Gasteiger partial charge is 0.508 e. The first-order valence-electron chi connectivity index (χ1n) is 7.31. The summed E-state index contributed by atoms with van der Waals surface area (Å²) in [5, 5.41) is 9.90. The molecule has 0 aliphatic rings. The van der Waals surface area contributed by atoms with Gasteiger partial charge in [0.15, 0.2) is 9.84 Å². The lowest BCUT2D eigenvalue weighted by atomic mass is 10.1. The SMILES string of the molecule is O=S(=O)(Cc1ccccc1)c1cc(O)cc(-c2ccc(F)cc2)c1. The molecule has 0 spiro atoms. The molecule has 3 rings (SSSR count). The molecular weight excluding hydrogens is 327 g/mol. The third-order valence-corrected chi connectivity index (χ3v) is 5.29. The van der Waals surface area contributed by atoms with Crippen LogP contribution >= 0.6 is 0 Å². The molecule has 0 saturated heterocycles. The quantitative estimate of drug-likeness (QED) is 0.774. The molecule has 0 amide bonds. The predicted molar refractivity (Wildman–Crippen MR) is 90.8 cm³/mol. The highest BCUT2D eigenvalue weighted by Gasteiger charge is 2.17. The lowest BCUT2D eigenvalue weighted by molar-refractivity contribution is 0.473. The Hall–Kier alpha value is -2.66. The van der Waals surface area contributed by atoms with Gasteiger partial charge in [-0.2, -0.15) is 0 Å². The summed E-state index contributed by atoms with van der Waals surface area (Å²) in [5.41, 5.74) is 1.81. The number of rotatable bonds is 4. The van der Waals surface area contributed by atoms with Gasteiger partial charge in [-0.05, 0) is 47.0 Å². The van der Waals surface area contributed by atoms with E-state index in [-0.39, 0.29) is 22.2 Å². The normalized spacial score (nSPS) is 11.4. The van der Waals surface area contributed by atoms with E-state index in [2.05, 4.69) is 0 Å². The monoisotopic (exact) mass is 342 g/mol. The molecule has 0 atom stereocenters. The van der Waals surface area contributed by atoms with E-state index < -0.39 is 9.84 Å². The van der Waals surface area contributed by atoms with Crippen molar-refractivity contribution < 1.29 is 17.9 Å². The molecule has 0 radical (unpaired) electrons. The summed E-state index contributed by atoms with van der Waals surface area (Å²) >= 11 is 0. The Bertz CT molecular complexity index is 950. The van der Waals surface area contributed by atoms with Crippen molar-refractivity contribution in [2.75, 3.05) is 0 Å². The van der Waals surface area contributed by atoms with Crippen molar-refractivity contribution in [2.24, 2.45) is 0 Å². The smallest absolute Gasteiger partial charge is 0.182 e. The first-order chi connectivity index (χ1) is 11.4. The van der Waals surface area contributed by atoms with Crippen LogP contribution in [0.25, 0.3) is 11.1 Å². The van der Waals surface area contributed by atoms with Gasteiger partial charge in [0.2, 0.25) is 0 Å². The second-order valence-electron chi connectivity index (χ2n) is 5.47. The molecule has 0 saturated carbocycles. The second kappa shape index (κ2) is 6.45. The lowest BCUT2D eigenvalue weighted by Crippen LogP contribution is -2.05. The molecule has 3 nitrogen and oxygen atoms in total. The van der Waals surface area contributed by atoms with Crippen molar-refractivity contribution in [3.05, 3.63) is 84.2 Å². The molecule has 1 N–H and O–H groups in total. The third-order valence-electron chi connectivity index (χ3n) is 3.63. The van der Waals surface area contributed by atoms with Crippen molar-refractivity contribution >= 4 is 9.84 Å². The first kappa shape index (κ1) is 16.2. The van der Waals surface area contributed by atoms with Crippen molar-refractivity contribution in [1.82, 2.24) is 0 Å². The van der Waals surface area contributed by atoms with Gasteiger partial charge in [-0.25, -0.2) is 12.8 Å². The second-order valence-corrected chi connectivity index (χ2v) is 7.46. The molecule has 3 aromatic rings. The van der Waals surface area contributed by atoms with E-state index in [0.29, 0.717) is 16.7 Å². The Morgan fingerprint density at radius 2 is 1.50 bits per heavy atom. The fraction of sp³-hybridized carbons (Fsp3) is 0.0526. The maximum Gasteiger partial charge on any atom is 0.182 e. The maximum absolute atomic E-state index is 13.0. The van der Waals surface area contributed by atoms with Crippen LogP contribution in [0.4, 0.5) is 4.39 Å². The number of hydrogen-bond donors (Lipinski definition) is 1. The molecular formula is C19H15FO3S. The van der Waals surface area contributed by atoms with Gasteiger partial charge in [0, 0.05) is 0 Å². The highest BCUT2D eigenvalue weighted by atomic mass is 32.2. The third kappa shape index (κ3) is 3.63. The Kier molecular flexibility index (Phi) is 4.36. The topological polar surface area (TPSA) is 54.4 Å². The summed E-state index contributed by atoms with van der Waals surface area (Å²) in [6.45, 7) is 0. The highest BCUT2D eigenvalue weighted by Crippen LogP contribution is 2.29. The van der Waals surface area contributed by atoms with Gasteiger partial charge < -0.3 is 5.11 Å². The van der Waals surface area contributed by atoms with E-state index in [1.807, 2.05) is 6.07 Å². The molecule has 0 aliphatic carbocycles. The molecule has 24 heavy (non-hydrogen) atoms. The average molecular weight is 342 g/mol. The summed E-state index contributed by atoms with van der Waals surface area (Å²) in [7, 11) is -3.61. The minimum absolute atomic E-state index is 0.0330. The number of halogens is 1. The van der Waals surface area contributed by atoms with Crippen LogP contribution in [0.2, 0.25) is 0 Å². The predicted octanol–water partition coefficient (Wildman–Crippen LogP) is 4.17. The van der Waals surface area contributed by atoms with Crippen LogP contribution in [-0.4, -0.2) is 13.5 Å². The molecule has 3 aromatic carbocycles. The molecule has 0 bridgehead atoms. The minimum atomic E-state index is -3.61. The van der Waals surface area contributed by atoms with E-state index >= 15 is 0 Å². The van der Waals surface area contributed by atoms with Gasteiger partial charge in [-0.1, -0.05) is 42.5 Å². The van der Waals surface area contributed by atoms with Crippen LogP contribution in [0.1, 0.15) is 5.56 Å². The van der Waals surface area contributed by atoms with E-state index in [1.54, 1.807) is 24.3 Å². The highest BCUT2D eigenvalue weighted by molar-refractivity contribution is 7.90. The van der Waals surface area contributed by atoms with Crippen molar-refractivity contribution in [3.8, 4) is 16.9 Å². The molecule has 122 valence electrons. The number of aromatic hydroxyl groups is 1. The average Bonchev–Trinajstić information content (AvgIpc) is 2.55. The molecule has 0 aromatic heterocycles. The molecule has 0 unspecified atom stereocenters. The zero-order chi connectivity index (χ0) is 17.2. The number of phenolic OH excluding ortho intramolecular Hbond substituents is 1. The van der Waals surface area contributed by atoms with Crippen LogP contribution < -0.4 is 0 Å². The molecule has 0 aliphatic heterocycles. The van der Waals surface area contributed by atoms with Gasteiger partial charge in [0.1, 0.15) is 11.6 Å². The van der Waals surface area contributed by atoms with Crippen LogP contribution in [-0.2, 0) is 15.6 Å². The summed E-state index contributed by atoms with van der Waals surface area (Å²) in [5.74, 6) is -0.681. The fourth-order valence-electron chi connectivity index (χ4n) is 2.45. The summed E-state index contributed by atoms with van der Waals surface area (Å²) in [6, 6.07) is 18.7. The van der Waals surface area contributed by atoms with Crippen LogP contribution in [0.5, 0.6) is 5.75 Å². The van der Waals surface area contributed by atoms with Crippen LogP contribution in [0.15, 0.2) is 77.7 Å². The number of sulfone groups is 1. The summed E-state index contributed by atoms with van der Waals surface area (Å²) in [6.07, 6.45) is 0.